The first-order chi connectivity index (χ1) is 9.88. The average Bonchev–Trinajstić information content (AvgIpc) is 2.42. The molecule has 0 fully saturated rings. The van der Waals surface area contributed by atoms with Crippen LogP contribution < -0.4 is 5.32 Å². The summed E-state index contributed by atoms with van der Waals surface area (Å²) in [5, 5.41) is 14.8. The third-order valence-corrected chi connectivity index (χ3v) is 4.32. The Morgan fingerprint density at radius 3 is 2.62 bits per heavy atom. The summed E-state index contributed by atoms with van der Waals surface area (Å²) >= 11 is 15.3. The molecule has 0 saturated heterocycles. The Morgan fingerprint density at radius 1 is 1.24 bits per heavy atom. The first kappa shape index (κ1) is 16.1. The van der Waals surface area contributed by atoms with Crippen molar-refractivity contribution in [2.75, 3.05) is 5.32 Å². The lowest BCUT2D eigenvalue weighted by Crippen LogP contribution is -2.01. The zero-order valence-electron chi connectivity index (χ0n) is 11.0. The second kappa shape index (κ2) is 6.64. The normalized spacial score (nSPS) is 10.5. The minimum Gasteiger partial charge on any atom is -0.380 e. The molecule has 0 aliphatic rings. The van der Waals surface area contributed by atoms with E-state index < -0.39 is 4.92 Å². The van der Waals surface area contributed by atoms with E-state index in [4.69, 9.17) is 23.2 Å². The van der Waals surface area contributed by atoms with Crippen LogP contribution in [0.4, 0.5) is 11.4 Å². The van der Waals surface area contributed by atoms with Crippen molar-refractivity contribution in [3.8, 4) is 0 Å². The highest BCUT2D eigenvalue weighted by molar-refractivity contribution is 9.10. The van der Waals surface area contributed by atoms with Gasteiger partial charge >= 0.3 is 0 Å². The van der Waals surface area contributed by atoms with E-state index in [1.807, 2.05) is 19.1 Å². The van der Waals surface area contributed by atoms with Gasteiger partial charge in [0.25, 0.3) is 5.69 Å². The van der Waals surface area contributed by atoms with E-state index in [9.17, 15) is 10.1 Å². The number of aryl methyl sites for hydroxylation is 1. The van der Waals surface area contributed by atoms with Gasteiger partial charge in [0.1, 0.15) is 5.02 Å². The Labute approximate surface area is 140 Å². The van der Waals surface area contributed by atoms with Crippen LogP contribution >= 0.6 is 39.1 Å². The number of anilines is 1. The molecule has 1 N–H and O–H groups in total. The highest BCUT2D eigenvalue weighted by Crippen LogP contribution is 2.30. The van der Waals surface area contributed by atoms with E-state index in [-0.39, 0.29) is 10.7 Å². The molecule has 7 heteroatoms. The van der Waals surface area contributed by atoms with Crippen molar-refractivity contribution in [1.82, 2.24) is 0 Å². The second-order valence-corrected chi connectivity index (χ2v) is 6.15. The van der Waals surface area contributed by atoms with Gasteiger partial charge in [-0.05, 0) is 52.2 Å². The molecule has 0 atom stereocenters. The summed E-state index contributed by atoms with van der Waals surface area (Å²) in [6.45, 7) is 2.34. The number of nitrogens with zero attached hydrogens (tertiary/aromatic N) is 1. The minimum absolute atomic E-state index is 0.100. The number of benzene rings is 2. The van der Waals surface area contributed by atoms with Gasteiger partial charge in [-0.25, -0.2) is 0 Å². The highest BCUT2D eigenvalue weighted by Gasteiger charge is 2.13. The molecule has 0 radical (unpaired) electrons. The van der Waals surface area contributed by atoms with Crippen LogP contribution in [0.2, 0.25) is 10.0 Å². The van der Waals surface area contributed by atoms with Crippen molar-refractivity contribution in [1.29, 1.82) is 0 Å². The average molecular weight is 390 g/mol. The third-order valence-electron chi connectivity index (χ3n) is 2.94. The number of halogens is 3. The standard InChI is InChI=1S/C14H11BrCl2N2O2/c1-8-4-10(15)13(6-12(8)17)18-7-9-2-3-11(16)14(5-9)19(20)21/h2-6,18H,7H2,1H3. The number of hydrogen-bond donors (Lipinski definition) is 1. The van der Waals surface area contributed by atoms with Gasteiger partial charge < -0.3 is 5.32 Å². The molecule has 21 heavy (non-hydrogen) atoms. The lowest BCUT2D eigenvalue weighted by Gasteiger charge is -2.11. The van der Waals surface area contributed by atoms with Gasteiger partial charge in [-0.1, -0.05) is 29.3 Å². The van der Waals surface area contributed by atoms with Crippen LogP contribution in [0.1, 0.15) is 11.1 Å². The zero-order chi connectivity index (χ0) is 15.6. The molecule has 2 rings (SSSR count). The summed E-state index contributed by atoms with van der Waals surface area (Å²) in [7, 11) is 0. The molecule has 0 aliphatic heterocycles. The predicted octanol–water partition coefficient (Wildman–Crippen LogP) is 5.58. The predicted molar refractivity (Wildman–Crippen MR) is 89.3 cm³/mol. The van der Waals surface area contributed by atoms with E-state index in [2.05, 4.69) is 21.2 Å². The van der Waals surface area contributed by atoms with Crippen LogP contribution in [0, 0.1) is 17.0 Å². The van der Waals surface area contributed by atoms with E-state index >= 15 is 0 Å². The van der Waals surface area contributed by atoms with E-state index in [1.54, 1.807) is 6.07 Å². The van der Waals surface area contributed by atoms with E-state index in [1.165, 1.54) is 12.1 Å². The van der Waals surface area contributed by atoms with Crippen LogP contribution in [0.3, 0.4) is 0 Å². The molecular weight excluding hydrogens is 379 g/mol. The first-order valence-electron chi connectivity index (χ1n) is 6.01. The number of nitro groups is 1. The van der Waals surface area contributed by atoms with Crippen LogP contribution in [0.15, 0.2) is 34.8 Å². The molecule has 0 bridgehead atoms. The Kier molecular flexibility index (Phi) is 5.08. The maximum atomic E-state index is 10.9. The van der Waals surface area contributed by atoms with Gasteiger partial charge in [0.15, 0.2) is 0 Å². The van der Waals surface area contributed by atoms with Gasteiger partial charge in [-0.2, -0.15) is 0 Å². The summed E-state index contributed by atoms with van der Waals surface area (Å²) in [6.07, 6.45) is 0. The fourth-order valence-electron chi connectivity index (χ4n) is 1.79. The Morgan fingerprint density at radius 2 is 1.95 bits per heavy atom. The van der Waals surface area contributed by atoms with E-state index in [0.717, 1.165) is 21.3 Å². The first-order valence-corrected chi connectivity index (χ1v) is 7.55. The van der Waals surface area contributed by atoms with Crippen LogP contribution in [-0.4, -0.2) is 4.92 Å². The molecule has 0 aliphatic carbocycles. The maximum Gasteiger partial charge on any atom is 0.288 e. The molecule has 4 nitrogen and oxygen atoms in total. The largest absolute Gasteiger partial charge is 0.380 e. The van der Waals surface area contributed by atoms with Gasteiger partial charge in [0, 0.05) is 22.1 Å². The van der Waals surface area contributed by atoms with Gasteiger partial charge in [0.05, 0.1) is 10.6 Å². The molecule has 0 spiro atoms. The fraction of sp³-hybridized carbons (Fsp3) is 0.143. The summed E-state index contributed by atoms with van der Waals surface area (Å²) in [4.78, 5) is 10.4. The molecule has 2 aromatic carbocycles. The molecule has 0 saturated carbocycles. The maximum absolute atomic E-state index is 10.9. The fourth-order valence-corrected chi connectivity index (χ4v) is 2.74. The lowest BCUT2D eigenvalue weighted by atomic mass is 10.2. The van der Waals surface area contributed by atoms with Crippen molar-refractivity contribution in [3.63, 3.8) is 0 Å². The molecule has 0 unspecified atom stereocenters. The number of nitro benzene ring substituents is 1. The zero-order valence-corrected chi connectivity index (χ0v) is 14.1. The Balaban J connectivity index is 2.19. The van der Waals surface area contributed by atoms with Gasteiger partial charge in [-0.3, -0.25) is 10.1 Å². The van der Waals surface area contributed by atoms with E-state index in [0.29, 0.717) is 11.6 Å². The number of hydrogen-bond acceptors (Lipinski definition) is 3. The monoisotopic (exact) mass is 388 g/mol. The van der Waals surface area contributed by atoms with Gasteiger partial charge in [0.2, 0.25) is 0 Å². The van der Waals surface area contributed by atoms with Crippen LogP contribution in [-0.2, 0) is 6.54 Å². The topological polar surface area (TPSA) is 55.2 Å². The molecular formula is C14H11BrCl2N2O2. The number of rotatable bonds is 4. The Bertz CT molecular complexity index is 708. The van der Waals surface area contributed by atoms with Crippen LogP contribution in [0.5, 0.6) is 0 Å². The van der Waals surface area contributed by atoms with Crippen molar-refractivity contribution in [3.05, 3.63) is 66.1 Å². The third kappa shape index (κ3) is 3.87. The lowest BCUT2D eigenvalue weighted by molar-refractivity contribution is -0.384. The molecule has 110 valence electrons. The molecule has 2 aromatic rings. The van der Waals surface area contributed by atoms with Crippen LogP contribution in [0.25, 0.3) is 0 Å². The smallest absolute Gasteiger partial charge is 0.288 e. The Hall–Kier alpha value is -1.30. The number of nitrogens with one attached hydrogen (secondary N) is 1. The summed E-state index contributed by atoms with van der Waals surface area (Å²) in [5.74, 6) is 0. The summed E-state index contributed by atoms with van der Waals surface area (Å²) in [5.41, 5.74) is 2.45. The molecule has 0 aromatic heterocycles. The van der Waals surface area contributed by atoms with Crippen molar-refractivity contribution >= 4 is 50.5 Å². The van der Waals surface area contributed by atoms with Crippen molar-refractivity contribution in [2.24, 2.45) is 0 Å². The van der Waals surface area contributed by atoms with Crippen molar-refractivity contribution < 1.29 is 4.92 Å². The minimum atomic E-state index is -0.496. The SMILES string of the molecule is Cc1cc(Br)c(NCc2ccc(Cl)c([N+](=O)[O-])c2)cc1Cl. The molecule has 0 amide bonds. The second-order valence-electron chi connectivity index (χ2n) is 4.48. The summed E-state index contributed by atoms with van der Waals surface area (Å²) in [6, 6.07) is 8.44. The highest BCUT2D eigenvalue weighted by atomic mass is 79.9. The van der Waals surface area contributed by atoms with Gasteiger partial charge in [-0.15, -0.1) is 0 Å². The van der Waals surface area contributed by atoms with Crippen molar-refractivity contribution in [2.45, 2.75) is 13.5 Å². The quantitative estimate of drug-likeness (QED) is 0.548. The summed E-state index contributed by atoms with van der Waals surface area (Å²) < 4.78 is 0.882. The molecule has 0 heterocycles.